The van der Waals surface area contributed by atoms with Crippen molar-refractivity contribution in [1.82, 2.24) is 0 Å². The third-order valence-corrected chi connectivity index (χ3v) is 14.5. The van der Waals surface area contributed by atoms with Gasteiger partial charge in [0.25, 0.3) is 0 Å². The second-order valence-corrected chi connectivity index (χ2v) is 22.5. The van der Waals surface area contributed by atoms with Crippen molar-refractivity contribution in [3.63, 3.8) is 0 Å². The minimum atomic E-state index is -0.789. The first-order valence-corrected chi connectivity index (χ1v) is 34.7. The summed E-state index contributed by atoms with van der Waals surface area (Å²) in [5.74, 6) is -0.601. The lowest BCUT2D eigenvalue weighted by atomic mass is 10.0. The van der Waals surface area contributed by atoms with Crippen LogP contribution in [0.4, 0.5) is 0 Å². The molecule has 1 atom stereocenters. The van der Waals surface area contributed by atoms with Gasteiger partial charge in [-0.1, -0.05) is 325 Å². The van der Waals surface area contributed by atoms with E-state index in [4.69, 9.17) is 9.47 Å². The highest BCUT2D eigenvalue weighted by atomic mass is 16.6. The van der Waals surface area contributed by atoms with Gasteiger partial charge in [-0.3, -0.25) is 9.59 Å². The van der Waals surface area contributed by atoms with Crippen molar-refractivity contribution in [3.8, 4) is 0 Å². The standard InChI is InChI=1S/C79H128O5/c1-3-5-7-9-11-13-15-17-19-21-23-25-27-29-31-33-35-36-37-38-39-40-41-42-44-46-48-50-52-54-56-58-60-62-64-66-68-70-72-74-79(82)84-77(75-80)76-83-78(81)73-71-69-67-65-63-61-59-57-55-53-51-49-47-45-43-34-32-30-28-26-24-22-20-18-16-14-12-10-8-6-4-2/h5-8,11-14,17-20,23-26,29,31,35-36,38-39,41-42,46,48,52,54,77,80H,3-4,9-10,15-16,21-22,27-28,30,32-34,37,40,43-45,47,49-51,53,55-76H2,1-2H3/b7-5-,8-6-,13-11-,14-12-,19-17-,20-18-,25-23-,26-24-,31-29-,36-35-,39-38-,42-41-,48-46-,54-52-. The largest absolute Gasteiger partial charge is 0.462 e. The number of allylic oxidation sites excluding steroid dienone is 28. The van der Waals surface area contributed by atoms with Gasteiger partial charge in [0.1, 0.15) is 6.61 Å². The monoisotopic (exact) mass is 1160 g/mol. The van der Waals surface area contributed by atoms with E-state index in [0.717, 1.165) is 135 Å². The normalized spacial score (nSPS) is 13.3. The molecule has 0 rings (SSSR count). The van der Waals surface area contributed by atoms with Crippen molar-refractivity contribution in [3.05, 3.63) is 170 Å². The van der Waals surface area contributed by atoms with Gasteiger partial charge >= 0.3 is 11.9 Å². The van der Waals surface area contributed by atoms with Crippen molar-refractivity contribution in [2.75, 3.05) is 13.2 Å². The minimum absolute atomic E-state index is 0.0763. The number of hydrogen-bond donors (Lipinski definition) is 1. The average molecular weight is 1160 g/mol. The summed E-state index contributed by atoms with van der Waals surface area (Å²) in [6.45, 7) is 3.92. The van der Waals surface area contributed by atoms with Gasteiger partial charge in [0.05, 0.1) is 6.61 Å². The van der Waals surface area contributed by atoms with E-state index in [1.165, 1.54) is 135 Å². The van der Waals surface area contributed by atoms with Crippen LogP contribution in [0.3, 0.4) is 0 Å². The molecule has 0 aliphatic rings. The van der Waals surface area contributed by atoms with E-state index in [0.29, 0.717) is 12.8 Å². The Morgan fingerprint density at radius 2 is 0.476 bits per heavy atom. The second kappa shape index (κ2) is 72.5. The van der Waals surface area contributed by atoms with Crippen LogP contribution < -0.4 is 0 Å². The fourth-order valence-electron chi connectivity index (χ4n) is 9.40. The van der Waals surface area contributed by atoms with Crippen LogP contribution in [0, 0.1) is 0 Å². The van der Waals surface area contributed by atoms with Gasteiger partial charge in [-0.25, -0.2) is 0 Å². The SMILES string of the molecule is CC/C=C\C/C=C\C/C=C\C/C=C\C/C=C\C/C=C\C/C=C\C/C=C\C/C=C\C/C=C\CCCCCCCCCCC(=O)OC(CO)COC(=O)CCCCCCCCCCCCCCCCCCCC/C=C\C/C=C\C/C=C\C/C=C\CC. The lowest BCUT2D eigenvalue weighted by molar-refractivity contribution is -0.161. The molecule has 0 heterocycles. The predicted octanol–water partition coefficient (Wildman–Crippen LogP) is 24.4. The quantitative estimate of drug-likeness (QED) is 0.0373. The summed E-state index contributed by atoms with van der Waals surface area (Å²) in [4.78, 5) is 24.7. The van der Waals surface area contributed by atoms with E-state index in [1.54, 1.807) is 0 Å². The number of carbonyl (C=O) groups excluding carboxylic acids is 2. The summed E-state index contributed by atoms with van der Waals surface area (Å²) in [6.07, 6.45) is 112. The third-order valence-electron chi connectivity index (χ3n) is 14.5. The van der Waals surface area contributed by atoms with E-state index in [9.17, 15) is 14.7 Å². The highest BCUT2D eigenvalue weighted by Gasteiger charge is 2.16. The van der Waals surface area contributed by atoms with Crippen LogP contribution in [0.2, 0.25) is 0 Å². The van der Waals surface area contributed by atoms with E-state index < -0.39 is 6.10 Å². The molecule has 0 radical (unpaired) electrons. The fraction of sp³-hybridized carbons (Fsp3) is 0.620. The van der Waals surface area contributed by atoms with E-state index in [2.05, 4.69) is 184 Å². The molecule has 0 aliphatic heterocycles. The first-order valence-electron chi connectivity index (χ1n) is 34.7. The lowest BCUT2D eigenvalue weighted by Crippen LogP contribution is -2.28. The highest BCUT2D eigenvalue weighted by molar-refractivity contribution is 5.70. The summed E-state index contributed by atoms with van der Waals surface area (Å²) in [5, 5.41) is 9.70. The van der Waals surface area contributed by atoms with Gasteiger partial charge in [-0.15, -0.1) is 0 Å². The molecule has 0 amide bonds. The zero-order valence-electron chi connectivity index (χ0n) is 54.4. The number of aliphatic hydroxyl groups excluding tert-OH is 1. The average Bonchev–Trinajstić information content (AvgIpc) is 3.51. The molecule has 0 saturated carbocycles. The minimum Gasteiger partial charge on any atom is -0.462 e. The van der Waals surface area contributed by atoms with Gasteiger partial charge < -0.3 is 14.6 Å². The Hall–Kier alpha value is -4.74. The molecule has 0 spiro atoms. The van der Waals surface area contributed by atoms with Crippen molar-refractivity contribution in [2.45, 2.75) is 302 Å². The summed E-state index contributed by atoms with van der Waals surface area (Å²) >= 11 is 0. The van der Waals surface area contributed by atoms with Gasteiger partial charge in [-0.2, -0.15) is 0 Å². The Kier molecular flexibility index (Phi) is 68.4. The molecule has 0 bridgehead atoms. The molecule has 0 aromatic carbocycles. The number of unbranched alkanes of at least 4 members (excludes halogenated alkanes) is 26. The van der Waals surface area contributed by atoms with Gasteiger partial charge in [0.15, 0.2) is 6.10 Å². The van der Waals surface area contributed by atoms with E-state index in [1.807, 2.05) is 0 Å². The molecule has 0 fully saturated rings. The maximum Gasteiger partial charge on any atom is 0.306 e. The first kappa shape index (κ1) is 79.3. The van der Waals surface area contributed by atoms with E-state index in [-0.39, 0.29) is 25.2 Å². The molecule has 474 valence electrons. The lowest BCUT2D eigenvalue weighted by Gasteiger charge is -2.15. The smallest absolute Gasteiger partial charge is 0.306 e. The number of ether oxygens (including phenoxy) is 2. The number of esters is 2. The molecule has 0 aliphatic carbocycles. The summed E-state index contributed by atoms with van der Waals surface area (Å²) in [6, 6.07) is 0. The summed E-state index contributed by atoms with van der Waals surface area (Å²) in [5.41, 5.74) is 0. The van der Waals surface area contributed by atoms with Crippen molar-refractivity contribution in [2.24, 2.45) is 0 Å². The Morgan fingerprint density at radius 3 is 0.714 bits per heavy atom. The molecule has 1 unspecified atom stereocenters. The Balaban J connectivity index is 3.55. The van der Waals surface area contributed by atoms with Crippen LogP contribution >= 0.6 is 0 Å². The molecule has 84 heavy (non-hydrogen) atoms. The maximum absolute atomic E-state index is 12.4. The highest BCUT2D eigenvalue weighted by Crippen LogP contribution is 2.16. The molecule has 0 aromatic heterocycles. The topological polar surface area (TPSA) is 72.8 Å². The van der Waals surface area contributed by atoms with Crippen molar-refractivity contribution in [1.29, 1.82) is 0 Å². The first-order chi connectivity index (χ1) is 41.6. The van der Waals surface area contributed by atoms with Crippen molar-refractivity contribution >= 4 is 11.9 Å². The molecule has 5 heteroatoms. The molecule has 1 N–H and O–H groups in total. The number of hydrogen-bond acceptors (Lipinski definition) is 5. The van der Waals surface area contributed by atoms with Crippen LogP contribution in [-0.2, 0) is 19.1 Å². The van der Waals surface area contributed by atoms with Crippen LogP contribution in [0.5, 0.6) is 0 Å². The van der Waals surface area contributed by atoms with E-state index >= 15 is 0 Å². The second-order valence-electron chi connectivity index (χ2n) is 22.5. The van der Waals surface area contributed by atoms with Crippen LogP contribution in [-0.4, -0.2) is 36.4 Å². The fourth-order valence-corrected chi connectivity index (χ4v) is 9.40. The van der Waals surface area contributed by atoms with Crippen LogP contribution in [0.15, 0.2) is 170 Å². The Morgan fingerprint density at radius 1 is 0.274 bits per heavy atom. The summed E-state index contributed by atoms with van der Waals surface area (Å²) in [7, 11) is 0. The molecule has 0 saturated heterocycles. The number of aliphatic hydroxyl groups is 1. The maximum atomic E-state index is 12.4. The van der Waals surface area contributed by atoms with Gasteiger partial charge in [-0.05, 0) is 128 Å². The number of rotatable bonds is 62. The third kappa shape index (κ3) is 69.8. The van der Waals surface area contributed by atoms with Gasteiger partial charge in [0, 0.05) is 12.8 Å². The summed E-state index contributed by atoms with van der Waals surface area (Å²) < 4.78 is 10.7. The zero-order valence-corrected chi connectivity index (χ0v) is 54.4. The molecular formula is C79H128O5. The number of carbonyl (C=O) groups is 2. The van der Waals surface area contributed by atoms with Crippen molar-refractivity contribution < 1.29 is 24.2 Å². The predicted molar refractivity (Wildman–Crippen MR) is 370 cm³/mol. The zero-order chi connectivity index (χ0) is 60.5. The Bertz CT molecular complexity index is 1840. The van der Waals surface area contributed by atoms with Crippen LogP contribution in [0.1, 0.15) is 296 Å². The molecule has 5 nitrogen and oxygen atoms in total. The molecule has 0 aromatic rings. The Labute approximate surface area is 519 Å². The molecular weight excluding hydrogens is 1030 g/mol. The van der Waals surface area contributed by atoms with Gasteiger partial charge in [0.2, 0.25) is 0 Å². The van der Waals surface area contributed by atoms with Crippen LogP contribution in [0.25, 0.3) is 0 Å².